The first-order chi connectivity index (χ1) is 16.7. The van der Waals surface area contributed by atoms with Crippen molar-refractivity contribution in [2.24, 2.45) is 4.99 Å². The molecule has 0 aliphatic carbocycles. The summed E-state index contributed by atoms with van der Waals surface area (Å²) in [5, 5.41) is 11.6. The fourth-order valence-corrected chi connectivity index (χ4v) is 4.47. The maximum Gasteiger partial charge on any atom is 0.363 e. The maximum absolute atomic E-state index is 12.4. The SMILES string of the molecule is COc1cc(/C=C2\N=C(c3ccc([N+](=O)[O-])cc3Cl)OC2=O)cc(I)c1OCc1cccc(Cl)c1. The third-order valence-corrected chi connectivity index (χ3v) is 6.19. The van der Waals surface area contributed by atoms with E-state index < -0.39 is 10.9 Å². The van der Waals surface area contributed by atoms with Crippen LogP contribution in [-0.4, -0.2) is 23.9 Å². The summed E-state index contributed by atoms with van der Waals surface area (Å²) < 4.78 is 17.5. The first-order valence-corrected chi connectivity index (χ1v) is 11.8. The van der Waals surface area contributed by atoms with E-state index in [1.165, 1.54) is 25.3 Å². The molecule has 0 saturated carbocycles. The molecule has 0 N–H and O–H groups in total. The molecule has 0 amide bonds. The number of rotatable bonds is 7. The van der Waals surface area contributed by atoms with Crippen LogP contribution in [0.15, 0.2) is 65.3 Å². The number of carbonyl (C=O) groups is 1. The second kappa shape index (κ2) is 10.6. The molecule has 3 aromatic carbocycles. The Bertz CT molecular complexity index is 1410. The van der Waals surface area contributed by atoms with Crippen molar-refractivity contribution < 1.29 is 23.9 Å². The van der Waals surface area contributed by atoms with Crippen molar-refractivity contribution in [1.82, 2.24) is 0 Å². The molecule has 8 nitrogen and oxygen atoms in total. The van der Waals surface area contributed by atoms with Gasteiger partial charge < -0.3 is 14.2 Å². The second-order valence-electron chi connectivity index (χ2n) is 7.21. The molecule has 1 heterocycles. The highest BCUT2D eigenvalue weighted by Crippen LogP contribution is 2.36. The van der Waals surface area contributed by atoms with Gasteiger partial charge in [0.1, 0.15) is 6.61 Å². The van der Waals surface area contributed by atoms with Crippen LogP contribution >= 0.6 is 45.8 Å². The number of nitrogens with zero attached hydrogens (tertiary/aromatic N) is 2. The first-order valence-electron chi connectivity index (χ1n) is 9.97. The Labute approximate surface area is 223 Å². The fraction of sp³-hybridized carbons (Fsp3) is 0.0833. The van der Waals surface area contributed by atoms with Gasteiger partial charge in [-0.1, -0.05) is 35.3 Å². The highest BCUT2D eigenvalue weighted by Gasteiger charge is 2.27. The van der Waals surface area contributed by atoms with Gasteiger partial charge in [0, 0.05) is 17.2 Å². The number of hydrogen-bond donors (Lipinski definition) is 0. The maximum atomic E-state index is 12.4. The number of benzene rings is 3. The van der Waals surface area contributed by atoms with E-state index in [1.54, 1.807) is 18.2 Å². The number of methoxy groups -OCH3 is 1. The average molecular weight is 625 g/mol. The minimum absolute atomic E-state index is 0.0377. The van der Waals surface area contributed by atoms with Crippen LogP contribution in [0.2, 0.25) is 10.0 Å². The van der Waals surface area contributed by atoms with Crippen LogP contribution < -0.4 is 9.47 Å². The second-order valence-corrected chi connectivity index (χ2v) is 9.22. The van der Waals surface area contributed by atoms with E-state index in [2.05, 4.69) is 27.6 Å². The average Bonchev–Trinajstić information content (AvgIpc) is 3.17. The molecule has 4 rings (SSSR count). The normalized spacial score (nSPS) is 14.0. The van der Waals surface area contributed by atoms with Crippen molar-refractivity contribution in [3.05, 3.63) is 101 Å². The Kier molecular flexibility index (Phi) is 7.58. The Hall–Kier alpha value is -3.15. The highest BCUT2D eigenvalue weighted by atomic mass is 127. The Morgan fingerprint density at radius 2 is 1.97 bits per heavy atom. The van der Waals surface area contributed by atoms with Crippen LogP contribution in [-0.2, 0) is 16.1 Å². The van der Waals surface area contributed by atoms with Crippen molar-refractivity contribution in [3.8, 4) is 11.5 Å². The molecule has 0 bridgehead atoms. The Balaban J connectivity index is 1.60. The highest BCUT2D eigenvalue weighted by molar-refractivity contribution is 14.1. The summed E-state index contributed by atoms with van der Waals surface area (Å²) in [6.07, 6.45) is 1.54. The molecule has 1 aliphatic heterocycles. The number of esters is 1. The van der Waals surface area contributed by atoms with Crippen LogP contribution in [0, 0.1) is 13.7 Å². The van der Waals surface area contributed by atoms with Crippen molar-refractivity contribution >= 4 is 69.4 Å². The van der Waals surface area contributed by atoms with Gasteiger partial charge in [-0.05, 0) is 70.1 Å². The smallest absolute Gasteiger partial charge is 0.363 e. The molecule has 3 aromatic rings. The topological polar surface area (TPSA) is 100 Å². The van der Waals surface area contributed by atoms with Crippen molar-refractivity contribution in [1.29, 1.82) is 0 Å². The van der Waals surface area contributed by atoms with Gasteiger partial charge >= 0.3 is 5.97 Å². The molecule has 0 unspecified atom stereocenters. The van der Waals surface area contributed by atoms with E-state index in [9.17, 15) is 14.9 Å². The summed E-state index contributed by atoms with van der Waals surface area (Å²) >= 11 is 14.3. The van der Waals surface area contributed by atoms with Gasteiger partial charge in [0.25, 0.3) is 5.69 Å². The molecule has 0 spiro atoms. The number of nitro benzene ring substituents is 1. The Morgan fingerprint density at radius 3 is 2.66 bits per heavy atom. The molecule has 1 aliphatic rings. The predicted octanol–water partition coefficient (Wildman–Crippen LogP) is 6.44. The summed E-state index contributed by atoms with van der Waals surface area (Å²) in [7, 11) is 1.52. The molecule has 11 heteroatoms. The molecule has 0 aromatic heterocycles. The first kappa shape index (κ1) is 25.0. The molecule has 35 heavy (non-hydrogen) atoms. The third-order valence-electron chi connectivity index (χ3n) is 4.84. The van der Waals surface area contributed by atoms with Gasteiger partial charge in [0.05, 0.1) is 26.2 Å². The number of nitro groups is 1. The lowest BCUT2D eigenvalue weighted by Crippen LogP contribution is -2.06. The number of hydrogen-bond acceptors (Lipinski definition) is 7. The van der Waals surface area contributed by atoms with Crippen LogP contribution in [0.1, 0.15) is 16.7 Å². The van der Waals surface area contributed by atoms with E-state index in [0.717, 1.165) is 9.13 Å². The van der Waals surface area contributed by atoms with E-state index in [0.29, 0.717) is 28.7 Å². The van der Waals surface area contributed by atoms with E-state index >= 15 is 0 Å². The lowest BCUT2D eigenvalue weighted by molar-refractivity contribution is -0.384. The quantitative estimate of drug-likeness (QED) is 0.0986. The van der Waals surface area contributed by atoms with Gasteiger partial charge in [-0.15, -0.1) is 0 Å². The lowest BCUT2D eigenvalue weighted by Gasteiger charge is -2.14. The van der Waals surface area contributed by atoms with Crippen LogP contribution in [0.5, 0.6) is 11.5 Å². The van der Waals surface area contributed by atoms with Crippen LogP contribution in [0.25, 0.3) is 6.08 Å². The van der Waals surface area contributed by atoms with Crippen molar-refractivity contribution in [3.63, 3.8) is 0 Å². The summed E-state index contributed by atoms with van der Waals surface area (Å²) in [4.78, 5) is 27.0. The predicted molar refractivity (Wildman–Crippen MR) is 140 cm³/mol. The molecule has 0 radical (unpaired) electrons. The molecule has 0 fully saturated rings. The number of ether oxygens (including phenoxy) is 3. The molecular weight excluding hydrogens is 610 g/mol. The van der Waals surface area contributed by atoms with Crippen molar-refractivity contribution in [2.45, 2.75) is 6.61 Å². The summed E-state index contributed by atoms with van der Waals surface area (Å²) in [6, 6.07) is 14.7. The summed E-state index contributed by atoms with van der Waals surface area (Å²) in [5.41, 5.74) is 1.67. The third kappa shape index (κ3) is 5.75. The summed E-state index contributed by atoms with van der Waals surface area (Å²) in [5.74, 6) is 0.305. The molecule has 0 atom stereocenters. The minimum Gasteiger partial charge on any atom is -0.493 e. The van der Waals surface area contributed by atoms with Crippen LogP contribution in [0.3, 0.4) is 0 Å². The number of cyclic esters (lactones) is 1. The zero-order valence-electron chi connectivity index (χ0n) is 18.0. The summed E-state index contributed by atoms with van der Waals surface area (Å²) in [6.45, 7) is 0.295. The largest absolute Gasteiger partial charge is 0.493 e. The molecule has 0 saturated heterocycles. The number of carbonyl (C=O) groups excluding carboxylic acids is 1. The Morgan fingerprint density at radius 1 is 1.17 bits per heavy atom. The number of non-ortho nitro benzene ring substituents is 1. The fourth-order valence-electron chi connectivity index (χ4n) is 3.22. The van der Waals surface area contributed by atoms with Crippen molar-refractivity contribution in [2.75, 3.05) is 7.11 Å². The van der Waals surface area contributed by atoms with E-state index in [1.807, 2.05) is 24.3 Å². The monoisotopic (exact) mass is 624 g/mol. The van der Waals surface area contributed by atoms with Gasteiger partial charge in [0.15, 0.2) is 17.2 Å². The van der Waals surface area contributed by atoms with Gasteiger partial charge in [-0.2, -0.15) is 0 Å². The zero-order chi connectivity index (χ0) is 25.1. The van der Waals surface area contributed by atoms with Gasteiger partial charge in [0.2, 0.25) is 5.90 Å². The zero-order valence-corrected chi connectivity index (χ0v) is 21.6. The van der Waals surface area contributed by atoms with E-state index in [-0.39, 0.29) is 27.9 Å². The number of halogens is 3. The lowest BCUT2D eigenvalue weighted by atomic mass is 10.1. The standard InChI is InChI=1S/C24H15Cl2IN2O6/c1-33-21-10-14(8-19(27)22(21)34-12-13-3-2-4-15(25)7-13)9-20-24(30)35-23(28-20)17-6-5-16(29(31)32)11-18(17)26/h2-11H,12H2,1H3/b20-9-. The molecular formula is C24H15Cl2IN2O6. The van der Waals surface area contributed by atoms with Crippen LogP contribution in [0.4, 0.5) is 5.69 Å². The van der Waals surface area contributed by atoms with Gasteiger partial charge in [-0.25, -0.2) is 9.79 Å². The number of aliphatic imine (C=N–C) groups is 1. The molecule has 178 valence electrons. The van der Waals surface area contributed by atoms with E-state index in [4.69, 9.17) is 37.4 Å². The van der Waals surface area contributed by atoms with Gasteiger partial charge in [-0.3, -0.25) is 10.1 Å². The minimum atomic E-state index is -0.676.